The van der Waals surface area contributed by atoms with Crippen molar-refractivity contribution >= 4 is 23.5 Å². The summed E-state index contributed by atoms with van der Waals surface area (Å²) in [6, 6.07) is 14.7. The van der Waals surface area contributed by atoms with E-state index in [4.69, 9.17) is 9.47 Å². The first-order chi connectivity index (χ1) is 12.2. The fraction of sp³-hybridized carbons (Fsp3) is 0.250. The van der Waals surface area contributed by atoms with Crippen molar-refractivity contribution in [1.29, 1.82) is 0 Å². The van der Waals surface area contributed by atoms with Gasteiger partial charge in [0.2, 0.25) is 0 Å². The summed E-state index contributed by atoms with van der Waals surface area (Å²) in [5, 5.41) is 2.57. The minimum absolute atomic E-state index is 0.276. The summed E-state index contributed by atoms with van der Waals surface area (Å²) >= 11 is 0. The largest absolute Gasteiger partial charge is 0.454 e. The van der Waals surface area contributed by atoms with Gasteiger partial charge in [-0.1, -0.05) is 30.3 Å². The van der Waals surface area contributed by atoms with Crippen LogP contribution in [-0.2, 0) is 9.47 Å². The van der Waals surface area contributed by atoms with Gasteiger partial charge < -0.3 is 9.47 Å². The van der Waals surface area contributed by atoms with Crippen LogP contribution in [0.1, 0.15) is 41.5 Å². The number of carbonyl (C=O) groups is 3. The first-order valence-electron chi connectivity index (χ1n) is 8.10. The van der Waals surface area contributed by atoms with Gasteiger partial charge in [0.1, 0.15) is 5.60 Å². The van der Waals surface area contributed by atoms with Gasteiger partial charge in [-0.2, -0.15) is 0 Å². The highest BCUT2D eigenvalue weighted by molar-refractivity contribution is 5.99. The average molecular weight is 355 g/mol. The molecule has 0 unspecified atom stereocenters. The van der Waals surface area contributed by atoms with Crippen LogP contribution in [-0.4, -0.2) is 30.1 Å². The molecule has 0 heterocycles. The maximum Gasteiger partial charge on any atom is 0.412 e. The van der Waals surface area contributed by atoms with Crippen LogP contribution < -0.4 is 5.32 Å². The number of rotatable bonds is 5. The second kappa shape index (κ2) is 8.29. The summed E-state index contributed by atoms with van der Waals surface area (Å²) in [5.74, 6) is -0.889. The van der Waals surface area contributed by atoms with Crippen LogP contribution >= 0.6 is 0 Å². The van der Waals surface area contributed by atoms with Crippen LogP contribution in [0.5, 0.6) is 0 Å². The second-order valence-electron chi connectivity index (χ2n) is 6.57. The molecule has 26 heavy (non-hydrogen) atoms. The summed E-state index contributed by atoms with van der Waals surface area (Å²) in [6.45, 7) is 4.97. The number of amides is 1. The lowest BCUT2D eigenvalue weighted by Crippen LogP contribution is -2.27. The monoisotopic (exact) mass is 355 g/mol. The molecular formula is C20H21NO5. The lowest BCUT2D eigenvalue weighted by Gasteiger charge is -2.19. The fourth-order valence-electron chi connectivity index (χ4n) is 2.03. The molecule has 0 atom stereocenters. The molecule has 2 aromatic rings. The van der Waals surface area contributed by atoms with Crippen molar-refractivity contribution in [2.24, 2.45) is 0 Å². The molecule has 1 amide bonds. The van der Waals surface area contributed by atoms with E-state index in [1.54, 1.807) is 63.2 Å². The number of hydrogen-bond donors (Lipinski definition) is 1. The van der Waals surface area contributed by atoms with E-state index in [0.717, 1.165) is 0 Å². The summed E-state index contributed by atoms with van der Waals surface area (Å²) in [4.78, 5) is 35.6. The molecule has 0 aliphatic heterocycles. The first-order valence-corrected chi connectivity index (χ1v) is 8.10. The molecule has 6 nitrogen and oxygen atoms in total. The van der Waals surface area contributed by atoms with E-state index in [0.29, 0.717) is 11.3 Å². The Labute approximate surface area is 152 Å². The zero-order valence-electron chi connectivity index (χ0n) is 14.9. The summed E-state index contributed by atoms with van der Waals surface area (Å²) < 4.78 is 10.2. The molecule has 0 bridgehead atoms. The Bertz CT molecular complexity index is 776. The van der Waals surface area contributed by atoms with Gasteiger partial charge in [-0.25, -0.2) is 9.59 Å². The standard InChI is InChI=1S/C20H21NO5/c1-20(2,3)26-19(24)21-16-11-9-15(10-12-16)18(23)25-13-17(22)14-7-5-4-6-8-14/h4-12H,13H2,1-3H3,(H,21,24). The molecule has 2 aromatic carbocycles. The molecule has 0 aliphatic carbocycles. The third kappa shape index (κ3) is 6.05. The van der Waals surface area contributed by atoms with Crippen LogP contribution in [0.4, 0.5) is 10.5 Å². The molecule has 136 valence electrons. The Morgan fingerprint density at radius 2 is 1.50 bits per heavy atom. The van der Waals surface area contributed by atoms with Gasteiger partial charge in [0, 0.05) is 11.3 Å². The van der Waals surface area contributed by atoms with Crippen molar-refractivity contribution in [3.63, 3.8) is 0 Å². The minimum atomic E-state index is -0.613. The highest BCUT2D eigenvalue weighted by atomic mass is 16.6. The predicted octanol–water partition coefficient (Wildman–Crippen LogP) is 4.07. The van der Waals surface area contributed by atoms with Gasteiger partial charge in [-0.15, -0.1) is 0 Å². The molecule has 2 rings (SSSR count). The molecule has 0 fully saturated rings. The third-order valence-electron chi connectivity index (χ3n) is 3.20. The fourth-order valence-corrected chi connectivity index (χ4v) is 2.03. The summed E-state index contributed by atoms with van der Waals surface area (Å²) in [7, 11) is 0. The molecule has 0 aliphatic rings. The highest BCUT2D eigenvalue weighted by Crippen LogP contribution is 2.13. The Morgan fingerprint density at radius 3 is 2.08 bits per heavy atom. The van der Waals surface area contributed by atoms with Crippen LogP contribution in [0.2, 0.25) is 0 Å². The van der Waals surface area contributed by atoms with Crippen LogP contribution in [0, 0.1) is 0 Å². The maximum absolute atomic E-state index is 12.0. The van der Waals surface area contributed by atoms with Gasteiger partial charge in [0.05, 0.1) is 5.56 Å². The quantitative estimate of drug-likeness (QED) is 0.646. The van der Waals surface area contributed by atoms with E-state index in [-0.39, 0.29) is 18.0 Å². The van der Waals surface area contributed by atoms with Gasteiger partial charge >= 0.3 is 12.1 Å². The molecule has 0 aromatic heterocycles. The van der Waals surface area contributed by atoms with Crippen molar-refractivity contribution < 1.29 is 23.9 Å². The zero-order valence-corrected chi connectivity index (χ0v) is 14.9. The minimum Gasteiger partial charge on any atom is -0.454 e. The van der Waals surface area contributed by atoms with Gasteiger partial charge in [0.15, 0.2) is 12.4 Å². The highest BCUT2D eigenvalue weighted by Gasteiger charge is 2.16. The molecule has 0 spiro atoms. The summed E-state index contributed by atoms with van der Waals surface area (Å²) in [6.07, 6.45) is -0.582. The number of nitrogens with one attached hydrogen (secondary N) is 1. The zero-order chi connectivity index (χ0) is 19.2. The van der Waals surface area contributed by atoms with Crippen LogP contribution in [0.15, 0.2) is 54.6 Å². The molecule has 0 radical (unpaired) electrons. The molecule has 0 saturated carbocycles. The molecule has 0 saturated heterocycles. The Balaban J connectivity index is 1.88. The van der Waals surface area contributed by atoms with Crippen molar-refractivity contribution in [3.05, 3.63) is 65.7 Å². The molecule has 1 N–H and O–H groups in total. The molecule has 6 heteroatoms. The number of carbonyl (C=O) groups excluding carboxylic acids is 3. The van der Waals surface area contributed by atoms with Crippen molar-refractivity contribution in [2.75, 3.05) is 11.9 Å². The van der Waals surface area contributed by atoms with Crippen LogP contribution in [0.25, 0.3) is 0 Å². The average Bonchev–Trinajstić information content (AvgIpc) is 2.59. The predicted molar refractivity (Wildman–Crippen MR) is 97.4 cm³/mol. The normalized spacial score (nSPS) is 10.7. The lowest BCUT2D eigenvalue weighted by atomic mass is 10.1. The Kier molecular flexibility index (Phi) is 6.11. The topological polar surface area (TPSA) is 81.7 Å². The first kappa shape index (κ1) is 19.2. The number of ketones is 1. The summed E-state index contributed by atoms with van der Waals surface area (Å²) in [5.41, 5.74) is 0.646. The van der Waals surface area contributed by atoms with E-state index in [1.165, 1.54) is 12.1 Å². The Morgan fingerprint density at radius 1 is 0.885 bits per heavy atom. The van der Waals surface area contributed by atoms with Crippen molar-refractivity contribution in [3.8, 4) is 0 Å². The third-order valence-corrected chi connectivity index (χ3v) is 3.20. The smallest absolute Gasteiger partial charge is 0.412 e. The van der Waals surface area contributed by atoms with Crippen molar-refractivity contribution in [1.82, 2.24) is 0 Å². The number of anilines is 1. The SMILES string of the molecule is CC(C)(C)OC(=O)Nc1ccc(C(=O)OCC(=O)c2ccccc2)cc1. The van der Waals surface area contributed by atoms with E-state index < -0.39 is 17.7 Å². The van der Waals surface area contributed by atoms with Gasteiger partial charge in [-0.3, -0.25) is 10.1 Å². The van der Waals surface area contributed by atoms with Crippen molar-refractivity contribution in [2.45, 2.75) is 26.4 Å². The van der Waals surface area contributed by atoms with Crippen LogP contribution in [0.3, 0.4) is 0 Å². The Hall–Kier alpha value is -3.15. The number of Topliss-reactive ketones (excluding diaryl/α,β-unsaturated/α-hetero) is 1. The van der Waals surface area contributed by atoms with Gasteiger partial charge in [0.25, 0.3) is 0 Å². The van der Waals surface area contributed by atoms with E-state index in [1.807, 2.05) is 0 Å². The number of benzene rings is 2. The van der Waals surface area contributed by atoms with E-state index in [9.17, 15) is 14.4 Å². The van der Waals surface area contributed by atoms with E-state index >= 15 is 0 Å². The van der Waals surface area contributed by atoms with E-state index in [2.05, 4.69) is 5.32 Å². The van der Waals surface area contributed by atoms with Gasteiger partial charge in [-0.05, 0) is 45.0 Å². The number of hydrogen-bond acceptors (Lipinski definition) is 5. The number of esters is 1. The second-order valence-corrected chi connectivity index (χ2v) is 6.57. The number of ether oxygens (including phenoxy) is 2. The lowest BCUT2D eigenvalue weighted by molar-refractivity contribution is 0.0474. The molecular weight excluding hydrogens is 334 g/mol. The maximum atomic E-state index is 12.0.